The van der Waals surface area contributed by atoms with E-state index in [9.17, 15) is 15.0 Å². The van der Waals surface area contributed by atoms with Crippen LogP contribution in [0.2, 0.25) is 0 Å². The number of aliphatic hydroxyl groups is 2. The minimum absolute atomic E-state index is 0.125. The number of nitrogens with zero attached hydrogens (tertiary/aromatic N) is 4. The third kappa shape index (κ3) is 2.90. The van der Waals surface area contributed by atoms with Gasteiger partial charge in [-0.3, -0.25) is 4.79 Å². The van der Waals surface area contributed by atoms with Crippen LogP contribution in [0.25, 0.3) is 0 Å². The van der Waals surface area contributed by atoms with Crippen LogP contribution in [0.3, 0.4) is 0 Å². The molecule has 0 bridgehead atoms. The number of hydrogen-bond donors (Lipinski definition) is 5. The Hall–Kier alpha value is -2.68. The van der Waals surface area contributed by atoms with Crippen LogP contribution < -0.4 is 21.3 Å². The fourth-order valence-electron chi connectivity index (χ4n) is 2.43. The maximum Gasteiger partial charge on any atom is 0.251 e. The van der Waals surface area contributed by atoms with Gasteiger partial charge in [0.15, 0.2) is 24.0 Å². The second-order valence-corrected chi connectivity index (χ2v) is 5.15. The van der Waals surface area contributed by atoms with Gasteiger partial charge in [0.2, 0.25) is 5.82 Å². The summed E-state index contributed by atoms with van der Waals surface area (Å²) in [6.07, 6.45) is -5.12. The minimum atomic E-state index is -1.42. The van der Waals surface area contributed by atoms with Crippen LogP contribution in [0.5, 0.6) is 0 Å². The Labute approximate surface area is 138 Å². The molecule has 11 heteroatoms. The molecule has 0 spiro atoms. The summed E-state index contributed by atoms with van der Waals surface area (Å²) in [5, 5.41) is 34.3. The van der Waals surface area contributed by atoms with Gasteiger partial charge in [0, 0.05) is 21.1 Å². The van der Waals surface area contributed by atoms with E-state index in [1.165, 1.54) is 19.0 Å². The zero-order valence-corrected chi connectivity index (χ0v) is 13.4. The number of nitrogen functional groups attached to an aromatic ring is 1. The molecule has 0 saturated carbocycles. The van der Waals surface area contributed by atoms with E-state index in [0.29, 0.717) is 0 Å². The topological polar surface area (TPSA) is 170 Å². The summed E-state index contributed by atoms with van der Waals surface area (Å²) >= 11 is 0. The molecule has 1 aromatic rings. The van der Waals surface area contributed by atoms with Gasteiger partial charge in [0.25, 0.3) is 5.91 Å². The number of hydrogen-bond acceptors (Lipinski definition) is 10. The second kappa shape index (κ2) is 6.83. The number of nitriles is 1. The van der Waals surface area contributed by atoms with Crippen molar-refractivity contribution in [3.05, 3.63) is 5.82 Å². The Morgan fingerprint density at radius 3 is 2.58 bits per heavy atom. The normalized spacial score (nSPS) is 25.8. The third-order valence-corrected chi connectivity index (χ3v) is 3.72. The van der Waals surface area contributed by atoms with E-state index in [1.54, 1.807) is 7.05 Å². The highest BCUT2D eigenvalue weighted by Gasteiger charge is 2.48. The molecule has 1 aromatic heterocycles. The van der Waals surface area contributed by atoms with E-state index in [-0.39, 0.29) is 23.1 Å². The number of ether oxygens (including phenoxy) is 1. The molecule has 4 atom stereocenters. The molecule has 2 rings (SSSR count). The maximum atomic E-state index is 11.7. The number of anilines is 3. The van der Waals surface area contributed by atoms with Crippen molar-refractivity contribution in [2.75, 3.05) is 37.1 Å². The Morgan fingerprint density at radius 2 is 2.04 bits per heavy atom. The number of nitrogens with two attached hydrogens (primary N) is 1. The smallest absolute Gasteiger partial charge is 0.251 e. The van der Waals surface area contributed by atoms with Crippen molar-refractivity contribution in [3.63, 3.8) is 0 Å². The van der Waals surface area contributed by atoms with Gasteiger partial charge in [0.05, 0.1) is 0 Å². The van der Waals surface area contributed by atoms with E-state index in [4.69, 9.17) is 15.7 Å². The van der Waals surface area contributed by atoms with Crippen molar-refractivity contribution < 1.29 is 19.7 Å². The van der Waals surface area contributed by atoms with Gasteiger partial charge < -0.3 is 36.2 Å². The number of nitrogens with one attached hydrogen (secondary N) is 2. The minimum Gasteiger partial charge on any atom is -0.393 e. The van der Waals surface area contributed by atoms with Crippen LogP contribution in [0, 0.1) is 11.3 Å². The number of carbonyl (C=O) groups is 1. The molecule has 130 valence electrons. The molecule has 11 nitrogen and oxygen atoms in total. The first-order valence-corrected chi connectivity index (χ1v) is 7.07. The lowest BCUT2D eigenvalue weighted by Gasteiger charge is -2.28. The molecule has 1 aliphatic rings. The van der Waals surface area contributed by atoms with E-state index in [2.05, 4.69) is 20.6 Å². The fraction of sp³-hybridized carbons (Fsp3) is 0.538. The largest absolute Gasteiger partial charge is 0.393 e. The Balaban J connectivity index is 2.37. The van der Waals surface area contributed by atoms with Gasteiger partial charge in [-0.05, 0) is 0 Å². The van der Waals surface area contributed by atoms with Gasteiger partial charge in [-0.1, -0.05) is 0 Å². The van der Waals surface area contributed by atoms with E-state index >= 15 is 0 Å². The summed E-state index contributed by atoms with van der Waals surface area (Å²) in [4.78, 5) is 21.0. The molecule has 24 heavy (non-hydrogen) atoms. The zero-order chi connectivity index (χ0) is 18.0. The monoisotopic (exact) mass is 337 g/mol. The van der Waals surface area contributed by atoms with Crippen molar-refractivity contribution in [2.24, 2.45) is 0 Å². The SMILES string of the molecule is CNC(=O)[C@H]1O[C@@H](N(C)c2nc(C#N)nc(NC)c2N)[C@H](O)[C@@H]1O. The van der Waals surface area contributed by atoms with Crippen LogP contribution in [0.15, 0.2) is 0 Å². The summed E-state index contributed by atoms with van der Waals surface area (Å²) in [6.45, 7) is 0. The summed E-state index contributed by atoms with van der Waals surface area (Å²) in [5.74, 6) is -0.341. The quantitative estimate of drug-likeness (QED) is 0.399. The predicted octanol–water partition coefficient (Wildman–Crippen LogP) is -2.40. The molecule has 0 unspecified atom stereocenters. The highest BCUT2D eigenvalue weighted by atomic mass is 16.6. The van der Waals surface area contributed by atoms with E-state index in [1.807, 2.05) is 6.07 Å². The molecule has 0 radical (unpaired) electrons. The molecule has 0 aliphatic carbocycles. The molecule has 2 heterocycles. The average Bonchev–Trinajstić information content (AvgIpc) is 2.89. The van der Waals surface area contributed by atoms with Crippen molar-refractivity contribution in [1.29, 1.82) is 5.26 Å². The van der Waals surface area contributed by atoms with Crippen molar-refractivity contribution in [3.8, 4) is 6.07 Å². The van der Waals surface area contributed by atoms with Crippen LogP contribution in [-0.4, -0.2) is 71.8 Å². The van der Waals surface area contributed by atoms with E-state index < -0.39 is 30.4 Å². The summed E-state index contributed by atoms with van der Waals surface area (Å²) in [5.41, 5.74) is 6.10. The number of rotatable bonds is 4. The molecule has 6 N–H and O–H groups in total. The lowest BCUT2D eigenvalue weighted by molar-refractivity contribution is -0.135. The van der Waals surface area contributed by atoms with Gasteiger partial charge in [-0.15, -0.1) is 0 Å². The summed E-state index contributed by atoms with van der Waals surface area (Å²) < 4.78 is 5.45. The standard InChI is InChI=1S/C13H19N7O4/c1-16-10-6(15)11(19-5(4-14)18-10)20(3)13-8(22)7(21)9(24-13)12(23)17-2/h7-9,13,21-22H,15H2,1-3H3,(H,17,23)(H,16,18,19)/t7-,8+,9-,13+/m0/s1. The molecular weight excluding hydrogens is 318 g/mol. The zero-order valence-electron chi connectivity index (χ0n) is 13.4. The van der Waals surface area contributed by atoms with Crippen LogP contribution >= 0.6 is 0 Å². The number of aliphatic hydroxyl groups excluding tert-OH is 2. The number of amides is 1. The molecular formula is C13H19N7O4. The van der Waals surface area contributed by atoms with Crippen molar-refractivity contribution in [1.82, 2.24) is 15.3 Å². The Morgan fingerprint density at radius 1 is 1.38 bits per heavy atom. The fourth-order valence-corrected chi connectivity index (χ4v) is 2.43. The molecule has 1 fully saturated rings. The molecule has 0 aromatic carbocycles. The Kier molecular flexibility index (Phi) is 5.03. The first-order chi connectivity index (χ1) is 11.3. The molecule has 1 amide bonds. The van der Waals surface area contributed by atoms with Crippen LogP contribution in [0.1, 0.15) is 5.82 Å². The number of carbonyl (C=O) groups excluding carboxylic acids is 1. The van der Waals surface area contributed by atoms with Gasteiger partial charge >= 0.3 is 0 Å². The van der Waals surface area contributed by atoms with E-state index in [0.717, 1.165) is 0 Å². The van der Waals surface area contributed by atoms with Gasteiger partial charge in [-0.2, -0.15) is 15.2 Å². The lowest BCUT2D eigenvalue weighted by atomic mass is 10.1. The predicted molar refractivity (Wildman–Crippen MR) is 83.9 cm³/mol. The lowest BCUT2D eigenvalue weighted by Crippen LogP contribution is -2.43. The average molecular weight is 337 g/mol. The number of aromatic nitrogens is 2. The second-order valence-electron chi connectivity index (χ2n) is 5.15. The van der Waals surface area contributed by atoms with Crippen LogP contribution in [-0.2, 0) is 9.53 Å². The van der Waals surface area contributed by atoms with Gasteiger partial charge in [0.1, 0.15) is 24.0 Å². The van der Waals surface area contributed by atoms with Crippen molar-refractivity contribution >= 4 is 23.2 Å². The Bertz CT molecular complexity index is 677. The summed E-state index contributed by atoms with van der Waals surface area (Å²) in [7, 11) is 4.48. The summed E-state index contributed by atoms with van der Waals surface area (Å²) in [6, 6.07) is 1.81. The van der Waals surface area contributed by atoms with Gasteiger partial charge in [-0.25, -0.2) is 0 Å². The molecule has 1 aliphatic heterocycles. The maximum absolute atomic E-state index is 11.7. The first kappa shape index (κ1) is 17.7. The highest BCUT2D eigenvalue weighted by molar-refractivity contribution is 5.82. The third-order valence-electron chi connectivity index (χ3n) is 3.72. The number of likely N-dealkylation sites (N-methyl/N-ethyl adjacent to an activating group) is 2. The first-order valence-electron chi connectivity index (χ1n) is 7.07. The highest BCUT2D eigenvalue weighted by Crippen LogP contribution is 2.32. The van der Waals surface area contributed by atoms with Crippen molar-refractivity contribution in [2.45, 2.75) is 24.5 Å². The van der Waals surface area contributed by atoms with Crippen LogP contribution in [0.4, 0.5) is 17.3 Å². The molecule has 1 saturated heterocycles.